The number of rotatable bonds is 6. The fraction of sp³-hybridized carbons (Fsp3) is 0.389. The van der Waals surface area contributed by atoms with Gasteiger partial charge in [0.25, 0.3) is 0 Å². The minimum absolute atomic E-state index is 0.176. The Balaban J connectivity index is 1.53. The van der Waals surface area contributed by atoms with E-state index in [9.17, 15) is 4.79 Å². The molecule has 1 fully saturated rings. The Morgan fingerprint density at radius 1 is 1.42 bits per heavy atom. The second-order valence-electron chi connectivity index (χ2n) is 6.21. The second kappa shape index (κ2) is 8.77. The molecule has 0 bridgehead atoms. The average Bonchev–Trinajstić information content (AvgIpc) is 3.12. The molecule has 0 atom stereocenters. The minimum atomic E-state index is -0.176. The first-order chi connectivity index (χ1) is 12.7. The Hall–Kier alpha value is -2.45. The number of hydrazone groups is 1. The maximum atomic E-state index is 11.3. The average molecular weight is 373 g/mol. The predicted molar refractivity (Wildman–Crippen MR) is 104 cm³/mol. The monoisotopic (exact) mass is 373 g/mol. The SMILES string of the molecule is COC(=O)CN1CCC(Nc2nc(-c3ccc(/C=N/N)cc3)cs2)CC1. The van der Waals surface area contributed by atoms with Gasteiger partial charge in [-0.2, -0.15) is 5.10 Å². The van der Waals surface area contributed by atoms with E-state index in [-0.39, 0.29) is 5.97 Å². The fourth-order valence-corrected chi connectivity index (χ4v) is 3.75. The molecule has 26 heavy (non-hydrogen) atoms. The van der Waals surface area contributed by atoms with E-state index in [1.54, 1.807) is 17.6 Å². The van der Waals surface area contributed by atoms with Gasteiger partial charge < -0.3 is 15.9 Å². The number of anilines is 1. The van der Waals surface area contributed by atoms with Gasteiger partial charge in [-0.15, -0.1) is 11.3 Å². The maximum Gasteiger partial charge on any atom is 0.319 e. The summed E-state index contributed by atoms with van der Waals surface area (Å²) in [5, 5.41) is 10.0. The smallest absolute Gasteiger partial charge is 0.319 e. The van der Waals surface area contributed by atoms with E-state index in [1.165, 1.54) is 7.11 Å². The first-order valence-corrected chi connectivity index (χ1v) is 9.41. The highest BCUT2D eigenvalue weighted by atomic mass is 32.1. The zero-order valence-electron chi connectivity index (χ0n) is 14.7. The number of benzene rings is 1. The van der Waals surface area contributed by atoms with Crippen molar-refractivity contribution in [2.75, 3.05) is 32.1 Å². The Morgan fingerprint density at radius 3 is 2.81 bits per heavy atom. The van der Waals surface area contributed by atoms with Crippen LogP contribution in [0.25, 0.3) is 11.3 Å². The number of thiazole rings is 1. The van der Waals surface area contributed by atoms with E-state index in [4.69, 9.17) is 15.6 Å². The molecule has 0 aliphatic carbocycles. The van der Waals surface area contributed by atoms with E-state index in [0.29, 0.717) is 12.6 Å². The number of carbonyl (C=O) groups excluding carboxylic acids is 1. The van der Waals surface area contributed by atoms with E-state index >= 15 is 0 Å². The van der Waals surface area contributed by atoms with Crippen molar-refractivity contribution in [3.8, 4) is 11.3 Å². The summed E-state index contributed by atoms with van der Waals surface area (Å²) in [4.78, 5) is 18.2. The number of aromatic nitrogens is 1. The Kier molecular flexibility index (Phi) is 6.19. The minimum Gasteiger partial charge on any atom is -0.468 e. The molecule has 3 rings (SSSR count). The molecule has 3 N–H and O–H groups in total. The van der Waals surface area contributed by atoms with Crippen molar-refractivity contribution in [3.05, 3.63) is 35.2 Å². The Bertz CT molecular complexity index is 751. The summed E-state index contributed by atoms with van der Waals surface area (Å²) in [6.07, 6.45) is 3.59. The van der Waals surface area contributed by atoms with Crippen LogP contribution in [0.5, 0.6) is 0 Å². The van der Waals surface area contributed by atoms with Gasteiger partial charge in [0.2, 0.25) is 0 Å². The molecule has 1 saturated heterocycles. The highest BCUT2D eigenvalue weighted by molar-refractivity contribution is 7.14. The summed E-state index contributed by atoms with van der Waals surface area (Å²) in [5.74, 6) is 4.99. The normalized spacial score (nSPS) is 16.0. The van der Waals surface area contributed by atoms with Crippen molar-refractivity contribution in [3.63, 3.8) is 0 Å². The number of ether oxygens (including phenoxy) is 1. The lowest BCUT2D eigenvalue weighted by atomic mass is 10.1. The first-order valence-electron chi connectivity index (χ1n) is 8.53. The third kappa shape index (κ3) is 4.80. The van der Waals surface area contributed by atoms with Crippen LogP contribution in [0.4, 0.5) is 5.13 Å². The number of carbonyl (C=O) groups is 1. The van der Waals surface area contributed by atoms with Gasteiger partial charge in [0.15, 0.2) is 5.13 Å². The number of piperidine rings is 1. The van der Waals surface area contributed by atoms with Crippen LogP contribution in [-0.2, 0) is 9.53 Å². The van der Waals surface area contributed by atoms with Gasteiger partial charge in [-0.1, -0.05) is 24.3 Å². The van der Waals surface area contributed by atoms with E-state index in [1.807, 2.05) is 24.3 Å². The number of hydrogen-bond acceptors (Lipinski definition) is 8. The zero-order valence-corrected chi connectivity index (χ0v) is 15.5. The van der Waals surface area contributed by atoms with Crippen LogP contribution in [0.2, 0.25) is 0 Å². The summed E-state index contributed by atoms with van der Waals surface area (Å²) >= 11 is 1.61. The topological polar surface area (TPSA) is 92.8 Å². The molecule has 0 spiro atoms. The lowest BCUT2D eigenvalue weighted by Gasteiger charge is -2.31. The van der Waals surface area contributed by atoms with Gasteiger partial charge in [-0.25, -0.2) is 4.98 Å². The van der Waals surface area contributed by atoms with Crippen LogP contribution in [0.3, 0.4) is 0 Å². The van der Waals surface area contributed by atoms with E-state index in [2.05, 4.69) is 20.7 Å². The molecule has 2 heterocycles. The van der Waals surface area contributed by atoms with Crippen LogP contribution in [0.1, 0.15) is 18.4 Å². The number of methoxy groups -OCH3 is 1. The van der Waals surface area contributed by atoms with Crippen LogP contribution in [0, 0.1) is 0 Å². The lowest BCUT2D eigenvalue weighted by Crippen LogP contribution is -2.41. The molecule has 138 valence electrons. The van der Waals surface area contributed by atoms with Gasteiger partial charge in [-0.3, -0.25) is 9.69 Å². The van der Waals surface area contributed by atoms with Crippen LogP contribution >= 0.6 is 11.3 Å². The molecule has 8 heteroatoms. The molecule has 0 saturated carbocycles. The molecule has 1 aromatic carbocycles. The van der Waals surface area contributed by atoms with Gasteiger partial charge in [0.1, 0.15) is 0 Å². The number of esters is 1. The molecular weight excluding hydrogens is 350 g/mol. The van der Waals surface area contributed by atoms with Gasteiger partial charge in [-0.05, 0) is 18.4 Å². The van der Waals surface area contributed by atoms with E-state index in [0.717, 1.165) is 47.9 Å². The molecule has 0 radical (unpaired) electrons. The van der Waals surface area contributed by atoms with Crippen molar-refractivity contribution in [2.45, 2.75) is 18.9 Å². The van der Waals surface area contributed by atoms with Crippen LogP contribution < -0.4 is 11.2 Å². The number of nitrogens with two attached hydrogens (primary N) is 1. The van der Waals surface area contributed by atoms with Crippen molar-refractivity contribution in [2.24, 2.45) is 10.9 Å². The van der Waals surface area contributed by atoms with E-state index < -0.39 is 0 Å². The zero-order chi connectivity index (χ0) is 18.4. The fourth-order valence-electron chi connectivity index (χ4n) is 2.96. The largest absolute Gasteiger partial charge is 0.468 e. The summed E-state index contributed by atoms with van der Waals surface area (Å²) in [7, 11) is 1.43. The highest BCUT2D eigenvalue weighted by Crippen LogP contribution is 2.26. The number of nitrogens with zero attached hydrogens (tertiary/aromatic N) is 3. The first kappa shape index (κ1) is 18.3. The van der Waals surface area contributed by atoms with Gasteiger partial charge >= 0.3 is 5.97 Å². The summed E-state index contributed by atoms with van der Waals surface area (Å²) in [6, 6.07) is 8.35. The highest BCUT2D eigenvalue weighted by Gasteiger charge is 2.21. The second-order valence-corrected chi connectivity index (χ2v) is 7.07. The quantitative estimate of drug-likeness (QED) is 0.349. The number of hydrogen-bond donors (Lipinski definition) is 2. The molecule has 2 aromatic rings. The van der Waals surface area contributed by atoms with Crippen LogP contribution in [0.15, 0.2) is 34.7 Å². The van der Waals surface area contributed by atoms with Crippen molar-refractivity contribution >= 4 is 28.7 Å². The maximum absolute atomic E-state index is 11.3. The molecular formula is C18H23N5O2S. The van der Waals surface area contributed by atoms with Gasteiger partial charge in [0, 0.05) is 30.1 Å². The standard InChI is InChI=1S/C18H23N5O2S/c1-25-17(24)11-23-8-6-15(7-9-23)21-18-22-16(12-26-18)14-4-2-13(3-5-14)10-20-19/h2-5,10,12,15H,6-9,11,19H2,1H3,(H,21,22)/b20-10+. The third-order valence-corrected chi connectivity index (χ3v) is 5.20. The van der Waals surface area contributed by atoms with Crippen molar-refractivity contribution < 1.29 is 9.53 Å². The lowest BCUT2D eigenvalue weighted by molar-refractivity contribution is -0.142. The van der Waals surface area contributed by atoms with Crippen LogP contribution in [-0.4, -0.2) is 54.9 Å². The summed E-state index contributed by atoms with van der Waals surface area (Å²) in [5.41, 5.74) is 2.98. The molecule has 1 aliphatic rings. The molecule has 1 aliphatic heterocycles. The summed E-state index contributed by atoms with van der Waals surface area (Å²) < 4.78 is 4.72. The molecule has 0 amide bonds. The molecule has 7 nitrogen and oxygen atoms in total. The Morgan fingerprint density at radius 2 is 2.15 bits per heavy atom. The molecule has 0 unspecified atom stereocenters. The summed E-state index contributed by atoms with van der Waals surface area (Å²) in [6.45, 7) is 2.14. The number of nitrogens with one attached hydrogen (secondary N) is 1. The molecule has 1 aromatic heterocycles. The van der Waals surface area contributed by atoms with Crippen molar-refractivity contribution in [1.82, 2.24) is 9.88 Å². The number of likely N-dealkylation sites (tertiary alicyclic amines) is 1. The predicted octanol–water partition coefficient (Wildman–Crippen LogP) is 2.15. The third-order valence-electron chi connectivity index (χ3n) is 4.43. The Labute approximate surface area is 156 Å². The van der Waals surface area contributed by atoms with Gasteiger partial charge in [0.05, 0.1) is 25.6 Å². The van der Waals surface area contributed by atoms with Crippen molar-refractivity contribution in [1.29, 1.82) is 0 Å².